The van der Waals surface area contributed by atoms with Crippen LogP contribution in [-0.2, 0) is 5.54 Å². The van der Waals surface area contributed by atoms with Crippen LogP contribution in [0.2, 0.25) is 0 Å². The molecule has 1 aliphatic carbocycles. The zero-order valence-corrected chi connectivity index (χ0v) is 16.9. The van der Waals surface area contributed by atoms with Crippen LogP contribution < -0.4 is 5.73 Å². The molecule has 2 aromatic rings. The van der Waals surface area contributed by atoms with E-state index in [9.17, 15) is 9.90 Å². The second-order valence-corrected chi connectivity index (χ2v) is 9.33. The summed E-state index contributed by atoms with van der Waals surface area (Å²) < 4.78 is 0. The maximum atomic E-state index is 11.9. The Bertz CT molecular complexity index is 861. The Morgan fingerprint density at radius 3 is 2.54 bits per heavy atom. The third kappa shape index (κ3) is 2.91. The van der Waals surface area contributed by atoms with Gasteiger partial charge in [-0.2, -0.15) is 0 Å². The van der Waals surface area contributed by atoms with Crippen molar-refractivity contribution in [2.75, 3.05) is 6.54 Å². The number of aromatic nitrogens is 2. The van der Waals surface area contributed by atoms with Crippen LogP contribution >= 0.6 is 0 Å². The van der Waals surface area contributed by atoms with Gasteiger partial charge in [-0.3, -0.25) is 4.90 Å². The fourth-order valence-corrected chi connectivity index (χ4v) is 5.00. The number of nitrogens with two attached hydrogens (primary N) is 1. The summed E-state index contributed by atoms with van der Waals surface area (Å²) in [4.78, 5) is 21.7. The van der Waals surface area contributed by atoms with Gasteiger partial charge < -0.3 is 15.8 Å². The van der Waals surface area contributed by atoms with E-state index in [0.29, 0.717) is 18.5 Å². The lowest BCUT2D eigenvalue weighted by atomic mass is 9.71. The quantitative estimate of drug-likeness (QED) is 0.738. The number of rotatable bonds is 3. The predicted octanol–water partition coefficient (Wildman–Crippen LogP) is 4.30. The Kier molecular flexibility index (Phi) is 4.49. The largest absolute Gasteiger partial charge is 0.465 e. The first kappa shape index (κ1) is 19.0. The molecule has 6 heteroatoms. The van der Waals surface area contributed by atoms with Gasteiger partial charge in [0.1, 0.15) is 11.4 Å². The molecule has 0 bridgehead atoms. The van der Waals surface area contributed by atoms with Crippen LogP contribution in [0.15, 0.2) is 30.5 Å². The highest BCUT2D eigenvalue weighted by Crippen LogP contribution is 2.50. The SMILES string of the molecule is CC(C)(C)[C@]1(c2nc(-c3ccc(C4CC(N)C4)cc3)c[nH]2)CCCN1C(=O)O. The van der Waals surface area contributed by atoms with E-state index in [2.05, 4.69) is 50.0 Å². The Hall–Kier alpha value is -2.34. The molecule has 0 radical (unpaired) electrons. The number of amides is 1. The van der Waals surface area contributed by atoms with E-state index in [0.717, 1.165) is 42.8 Å². The normalized spacial score (nSPS) is 27.6. The summed E-state index contributed by atoms with van der Waals surface area (Å²) in [6.07, 6.45) is 4.76. The van der Waals surface area contributed by atoms with Crippen molar-refractivity contribution in [2.45, 2.75) is 64.0 Å². The topological polar surface area (TPSA) is 95.2 Å². The van der Waals surface area contributed by atoms with Gasteiger partial charge in [0.2, 0.25) is 0 Å². The number of hydrogen-bond donors (Lipinski definition) is 3. The second kappa shape index (κ2) is 6.62. The number of H-pyrrole nitrogens is 1. The van der Waals surface area contributed by atoms with E-state index < -0.39 is 11.6 Å². The number of benzene rings is 1. The summed E-state index contributed by atoms with van der Waals surface area (Å²) in [5.74, 6) is 1.31. The summed E-state index contributed by atoms with van der Waals surface area (Å²) in [6.45, 7) is 6.82. The first-order chi connectivity index (χ1) is 13.2. The summed E-state index contributed by atoms with van der Waals surface area (Å²) >= 11 is 0. The predicted molar refractivity (Wildman–Crippen MR) is 109 cm³/mol. The number of carboxylic acid groups (broad SMARTS) is 1. The minimum absolute atomic E-state index is 0.274. The molecule has 4 rings (SSSR count). The molecule has 0 spiro atoms. The number of nitrogens with one attached hydrogen (secondary N) is 1. The number of imidazole rings is 1. The van der Waals surface area contributed by atoms with Gasteiger partial charge in [-0.15, -0.1) is 0 Å². The molecular weight excluding hydrogens is 352 g/mol. The molecule has 6 nitrogen and oxygen atoms in total. The molecule has 28 heavy (non-hydrogen) atoms. The number of hydrogen-bond acceptors (Lipinski definition) is 3. The van der Waals surface area contributed by atoms with Crippen molar-refractivity contribution in [3.05, 3.63) is 41.9 Å². The second-order valence-electron chi connectivity index (χ2n) is 9.33. The van der Waals surface area contributed by atoms with Crippen LogP contribution in [-0.4, -0.2) is 38.7 Å². The number of carbonyl (C=O) groups is 1. The standard InChI is InChI=1S/C22H30N4O2/c1-21(2,3)22(9-4-10-26(22)20(27)28)19-24-13-18(25-19)15-7-5-14(6-8-15)16-11-17(23)12-16/h5-8,13,16-17H,4,9-12,23H2,1-3H3,(H,24,25)(H,27,28)/t16?,17?,22-/m1/s1. The summed E-state index contributed by atoms with van der Waals surface area (Å²) in [7, 11) is 0. The molecule has 1 saturated carbocycles. The van der Waals surface area contributed by atoms with E-state index in [-0.39, 0.29) is 5.41 Å². The lowest BCUT2D eigenvalue weighted by molar-refractivity contribution is 0.0217. The van der Waals surface area contributed by atoms with Crippen LogP contribution in [0.4, 0.5) is 4.79 Å². The van der Waals surface area contributed by atoms with Gasteiger partial charge in [-0.05, 0) is 42.6 Å². The minimum atomic E-state index is -0.881. The van der Waals surface area contributed by atoms with Gasteiger partial charge in [0.25, 0.3) is 0 Å². The van der Waals surface area contributed by atoms with Gasteiger partial charge in [0.15, 0.2) is 0 Å². The third-order valence-corrected chi connectivity index (χ3v) is 6.67. The summed E-state index contributed by atoms with van der Waals surface area (Å²) in [6, 6.07) is 8.88. The van der Waals surface area contributed by atoms with Crippen molar-refractivity contribution in [3.8, 4) is 11.3 Å². The van der Waals surface area contributed by atoms with E-state index in [1.807, 2.05) is 6.20 Å². The van der Waals surface area contributed by atoms with Crippen molar-refractivity contribution in [3.63, 3.8) is 0 Å². The van der Waals surface area contributed by atoms with Crippen LogP contribution in [0.1, 0.15) is 63.8 Å². The molecular formula is C22H30N4O2. The Morgan fingerprint density at radius 2 is 1.96 bits per heavy atom. The highest BCUT2D eigenvalue weighted by Gasteiger charge is 2.55. The Balaban J connectivity index is 1.65. The molecule has 0 unspecified atom stereocenters. The molecule has 4 N–H and O–H groups in total. The molecule has 2 aliphatic rings. The third-order valence-electron chi connectivity index (χ3n) is 6.67. The van der Waals surface area contributed by atoms with Crippen molar-refractivity contribution in [1.29, 1.82) is 0 Å². The Labute approximate surface area is 166 Å². The first-order valence-corrected chi connectivity index (χ1v) is 10.1. The van der Waals surface area contributed by atoms with Gasteiger partial charge in [0.05, 0.1) is 5.69 Å². The molecule has 2 fully saturated rings. The molecule has 1 saturated heterocycles. The van der Waals surface area contributed by atoms with Crippen molar-refractivity contribution >= 4 is 6.09 Å². The highest BCUT2D eigenvalue weighted by molar-refractivity contribution is 5.67. The first-order valence-electron chi connectivity index (χ1n) is 10.1. The maximum Gasteiger partial charge on any atom is 0.408 e. The molecule has 1 atom stereocenters. The average molecular weight is 383 g/mol. The molecule has 1 aliphatic heterocycles. The van der Waals surface area contributed by atoms with Gasteiger partial charge in [-0.1, -0.05) is 45.0 Å². The fourth-order valence-electron chi connectivity index (χ4n) is 5.00. The lowest BCUT2D eigenvalue weighted by Crippen LogP contribution is -2.53. The molecule has 1 aromatic carbocycles. The monoisotopic (exact) mass is 382 g/mol. The zero-order valence-electron chi connectivity index (χ0n) is 16.9. The van der Waals surface area contributed by atoms with Crippen molar-refractivity contribution in [1.82, 2.24) is 14.9 Å². The number of likely N-dealkylation sites (tertiary alicyclic amines) is 1. The summed E-state index contributed by atoms with van der Waals surface area (Å²) in [5.41, 5.74) is 8.22. The van der Waals surface area contributed by atoms with Gasteiger partial charge in [0, 0.05) is 24.3 Å². The van der Waals surface area contributed by atoms with E-state index in [1.165, 1.54) is 5.56 Å². The summed E-state index contributed by atoms with van der Waals surface area (Å²) in [5, 5.41) is 9.80. The van der Waals surface area contributed by atoms with E-state index >= 15 is 0 Å². The molecule has 2 heterocycles. The van der Waals surface area contributed by atoms with Crippen LogP contribution in [0, 0.1) is 5.41 Å². The minimum Gasteiger partial charge on any atom is -0.465 e. The number of nitrogens with zero attached hydrogens (tertiary/aromatic N) is 2. The van der Waals surface area contributed by atoms with Crippen LogP contribution in [0.5, 0.6) is 0 Å². The van der Waals surface area contributed by atoms with Crippen molar-refractivity contribution in [2.24, 2.45) is 11.1 Å². The highest BCUT2D eigenvalue weighted by atomic mass is 16.4. The number of aromatic amines is 1. The molecule has 150 valence electrons. The van der Waals surface area contributed by atoms with Crippen molar-refractivity contribution < 1.29 is 9.90 Å². The Morgan fingerprint density at radius 1 is 1.29 bits per heavy atom. The van der Waals surface area contributed by atoms with Crippen LogP contribution in [0.25, 0.3) is 11.3 Å². The average Bonchev–Trinajstić information content (AvgIpc) is 3.26. The zero-order chi connectivity index (χ0) is 20.1. The van der Waals surface area contributed by atoms with E-state index in [1.54, 1.807) is 4.90 Å². The fraction of sp³-hybridized carbons (Fsp3) is 0.545. The smallest absolute Gasteiger partial charge is 0.408 e. The molecule has 1 amide bonds. The molecule has 1 aromatic heterocycles. The lowest BCUT2D eigenvalue weighted by Gasteiger charge is -2.45. The van der Waals surface area contributed by atoms with Crippen LogP contribution in [0.3, 0.4) is 0 Å². The van der Waals surface area contributed by atoms with E-state index in [4.69, 9.17) is 10.7 Å². The van der Waals surface area contributed by atoms with Gasteiger partial charge >= 0.3 is 6.09 Å². The maximum absolute atomic E-state index is 11.9. The van der Waals surface area contributed by atoms with Gasteiger partial charge in [-0.25, -0.2) is 9.78 Å².